The first-order chi connectivity index (χ1) is 9.66. The highest BCUT2D eigenvalue weighted by molar-refractivity contribution is 9.10. The maximum absolute atomic E-state index is 11.8. The lowest BCUT2D eigenvalue weighted by molar-refractivity contribution is 0.0929. The average molecular weight is 353 g/mol. The molecular formula is C14H13BrN2O2S. The summed E-state index contributed by atoms with van der Waals surface area (Å²) in [7, 11) is 0. The van der Waals surface area contributed by atoms with E-state index in [0.717, 1.165) is 4.47 Å². The topological polar surface area (TPSA) is 58.2 Å². The van der Waals surface area contributed by atoms with Crippen LogP contribution in [0, 0.1) is 0 Å². The summed E-state index contributed by atoms with van der Waals surface area (Å²) in [5.41, 5.74) is 0.587. The number of carbonyl (C=O) groups excluding carboxylic acids is 2. The van der Waals surface area contributed by atoms with Crippen molar-refractivity contribution in [3.8, 4) is 0 Å². The average Bonchev–Trinajstić information content (AvgIpc) is 2.97. The molecule has 20 heavy (non-hydrogen) atoms. The summed E-state index contributed by atoms with van der Waals surface area (Å²) in [5.74, 6) is -0.270. The predicted octanol–water partition coefficient (Wildman–Crippen LogP) is 2.67. The quantitative estimate of drug-likeness (QED) is 0.812. The lowest BCUT2D eigenvalue weighted by Gasteiger charge is -2.06. The Morgan fingerprint density at radius 1 is 1.05 bits per heavy atom. The number of amides is 2. The standard InChI is InChI=1S/C14H13BrN2O2S/c15-11-4-1-3-10(9-11)13(18)16-6-7-17-14(19)12-5-2-8-20-12/h1-5,8-9H,6-7H2,(H,16,18)(H,17,19). The van der Waals surface area contributed by atoms with Crippen molar-refractivity contribution in [2.24, 2.45) is 0 Å². The van der Waals surface area contributed by atoms with Gasteiger partial charge in [-0.3, -0.25) is 9.59 Å². The second kappa shape index (κ2) is 7.21. The van der Waals surface area contributed by atoms with Gasteiger partial charge in [0, 0.05) is 23.1 Å². The molecular weight excluding hydrogens is 340 g/mol. The van der Waals surface area contributed by atoms with Crippen molar-refractivity contribution in [2.75, 3.05) is 13.1 Å². The van der Waals surface area contributed by atoms with E-state index >= 15 is 0 Å². The zero-order valence-electron chi connectivity index (χ0n) is 10.6. The Morgan fingerprint density at radius 2 is 1.80 bits per heavy atom. The van der Waals surface area contributed by atoms with Crippen molar-refractivity contribution in [3.05, 3.63) is 56.7 Å². The lowest BCUT2D eigenvalue weighted by Crippen LogP contribution is -2.34. The Labute approximate surface area is 129 Å². The van der Waals surface area contributed by atoms with Gasteiger partial charge in [0.25, 0.3) is 11.8 Å². The number of nitrogens with one attached hydrogen (secondary N) is 2. The number of hydrogen-bond acceptors (Lipinski definition) is 3. The Balaban J connectivity index is 1.73. The van der Waals surface area contributed by atoms with Gasteiger partial charge in [0.1, 0.15) is 0 Å². The minimum Gasteiger partial charge on any atom is -0.350 e. The molecule has 104 valence electrons. The summed E-state index contributed by atoms with van der Waals surface area (Å²) in [6.45, 7) is 0.791. The fourth-order valence-corrected chi connectivity index (χ4v) is 2.62. The molecule has 2 N–H and O–H groups in total. The molecule has 4 nitrogen and oxygen atoms in total. The molecule has 0 aliphatic rings. The van der Waals surface area contributed by atoms with Gasteiger partial charge in [-0.25, -0.2) is 0 Å². The van der Waals surface area contributed by atoms with Crippen molar-refractivity contribution in [2.45, 2.75) is 0 Å². The van der Waals surface area contributed by atoms with Crippen LogP contribution in [-0.2, 0) is 0 Å². The Kier molecular flexibility index (Phi) is 5.31. The van der Waals surface area contributed by atoms with Crippen molar-refractivity contribution in [1.82, 2.24) is 10.6 Å². The maximum atomic E-state index is 11.8. The van der Waals surface area contributed by atoms with Crippen LogP contribution in [-0.4, -0.2) is 24.9 Å². The van der Waals surface area contributed by atoms with Crippen LogP contribution in [0.25, 0.3) is 0 Å². The molecule has 0 atom stereocenters. The summed E-state index contributed by atoms with van der Waals surface area (Å²) >= 11 is 4.71. The highest BCUT2D eigenvalue weighted by Crippen LogP contribution is 2.11. The molecule has 0 aliphatic carbocycles. The first kappa shape index (κ1) is 14.7. The van der Waals surface area contributed by atoms with E-state index in [1.807, 2.05) is 17.5 Å². The van der Waals surface area contributed by atoms with Crippen molar-refractivity contribution in [3.63, 3.8) is 0 Å². The van der Waals surface area contributed by atoms with Gasteiger partial charge < -0.3 is 10.6 Å². The third kappa shape index (κ3) is 4.18. The number of benzene rings is 1. The lowest BCUT2D eigenvalue weighted by atomic mass is 10.2. The van der Waals surface area contributed by atoms with Crippen LogP contribution in [0.4, 0.5) is 0 Å². The van der Waals surface area contributed by atoms with Crippen LogP contribution < -0.4 is 10.6 Å². The number of thiophene rings is 1. The maximum Gasteiger partial charge on any atom is 0.261 e. The molecule has 2 amide bonds. The molecule has 1 aromatic carbocycles. The molecule has 2 aromatic rings. The molecule has 0 aliphatic heterocycles. The highest BCUT2D eigenvalue weighted by Gasteiger charge is 2.07. The Morgan fingerprint density at radius 3 is 2.45 bits per heavy atom. The number of carbonyl (C=O) groups is 2. The number of rotatable bonds is 5. The van der Waals surface area contributed by atoms with Crippen LogP contribution in [0.5, 0.6) is 0 Å². The minimum absolute atomic E-state index is 0.114. The summed E-state index contributed by atoms with van der Waals surface area (Å²) in [6, 6.07) is 10.7. The third-order valence-electron chi connectivity index (χ3n) is 2.53. The van der Waals surface area contributed by atoms with E-state index < -0.39 is 0 Å². The largest absolute Gasteiger partial charge is 0.350 e. The van der Waals surface area contributed by atoms with Gasteiger partial charge in [0.15, 0.2) is 0 Å². The fraction of sp³-hybridized carbons (Fsp3) is 0.143. The van der Waals surface area contributed by atoms with Crippen LogP contribution in [0.15, 0.2) is 46.3 Å². The van der Waals surface area contributed by atoms with E-state index in [4.69, 9.17) is 0 Å². The summed E-state index contributed by atoms with van der Waals surface area (Å²) in [6.07, 6.45) is 0. The van der Waals surface area contributed by atoms with Gasteiger partial charge >= 0.3 is 0 Å². The molecule has 1 aromatic heterocycles. The van der Waals surface area contributed by atoms with Crippen molar-refractivity contribution >= 4 is 39.1 Å². The van der Waals surface area contributed by atoms with Crippen LogP contribution in [0.2, 0.25) is 0 Å². The number of hydrogen-bond donors (Lipinski definition) is 2. The van der Waals surface area contributed by atoms with E-state index in [1.54, 1.807) is 24.3 Å². The molecule has 0 bridgehead atoms. The second-order valence-electron chi connectivity index (χ2n) is 4.00. The molecule has 0 unspecified atom stereocenters. The van der Waals surface area contributed by atoms with E-state index in [0.29, 0.717) is 23.5 Å². The first-order valence-electron chi connectivity index (χ1n) is 6.02. The van der Waals surface area contributed by atoms with Gasteiger partial charge in [-0.15, -0.1) is 11.3 Å². The summed E-state index contributed by atoms with van der Waals surface area (Å²) < 4.78 is 0.858. The second-order valence-corrected chi connectivity index (χ2v) is 5.86. The first-order valence-corrected chi connectivity index (χ1v) is 7.69. The van der Waals surface area contributed by atoms with E-state index in [2.05, 4.69) is 26.6 Å². The monoisotopic (exact) mass is 352 g/mol. The van der Waals surface area contributed by atoms with Gasteiger partial charge in [-0.05, 0) is 29.6 Å². The molecule has 0 fully saturated rings. The fourth-order valence-electron chi connectivity index (χ4n) is 1.58. The van der Waals surface area contributed by atoms with Gasteiger partial charge in [-0.2, -0.15) is 0 Å². The van der Waals surface area contributed by atoms with E-state index in [9.17, 15) is 9.59 Å². The Hall–Kier alpha value is -1.66. The molecule has 1 heterocycles. The smallest absolute Gasteiger partial charge is 0.261 e. The Bertz CT molecular complexity index is 599. The molecule has 0 radical (unpaired) electrons. The van der Waals surface area contributed by atoms with Gasteiger partial charge in [-0.1, -0.05) is 28.1 Å². The van der Waals surface area contributed by atoms with E-state index in [-0.39, 0.29) is 11.8 Å². The molecule has 0 saturated carbocycles. The normalized spacial score (nSPS) is 10.1. The number of halogens is 1. The SMILES string of the molecule is O=C(NCCNC(=O)c1cccs1)c1cccc(Br)c1. The third-order valence-corrected chi connectivity index (χ3v) is 3.89. The zero-order chi connectivity index (χ0) is 14.4. The molecule has 0 saturated heterocycles. The summed E-state index contributed by atoms with van der Waals surface area (Å²) in [5, 5.41) is 7.36. The van der Waals surface area contributed by atoms with Gasteiger partial charge in [0.05, 0.1) is 4.88 Å². The van der Waals surface area contributed by atoms with Gasteiger partial charge in [0.2, 0.25) is 0 Å². The highest BCUT2D eigenvalue weighted by atomic mass is 79.9. The van der Waals surface area contributed by atoms with Crippen LogP contribution >= 0.6 is 27.3 Å². The van der Waals surface area contributed by atoms with E-state index in [1.165, 1.54) is 11.3 Å². The van der Waals surface area contributed by atoms with Crippen molar-refractivity contribution in [1.29, 1.82) is 0 Å². The summed E-state index contributed by atoms with van der Waals surface area (Å²) in [4.78, 5) is 24.1. The van der Waals surface area contributed by atoms with Crippen molar-refractivity contribution < 1.29 is 9.59 Å². The zero-order valence-corrected chi connectivity index (χ0v) is 13.0. The van der Waals surface area contributed by atoms with Crippen LogP contribution in [0.1, 0.15) is 20.0 Å². The molecule has 0 spiro atoms. The predicted molar refractivity (Wildman–Crippen MR) is 83.1 cm³/mol. The molecule has 6 heteroatoms. The minimum atomic E-state index is -0.156. The molecule has 2 rings (SSSR count). The van der Waals surface area contributed by atoms with Crippen LogP contribution in [0.3, 0.4) is 0 Å².